The summed E-state index contributed by atoms with van der Waals surface area (Å²) in [6.07, 6.45) is 0.647. The number of aromatic hydroxyl groups is 1. The summed E-state index contributed by atoms with van der Waals surface area (Å²) in [6, 6.07) is 21.9. The molecule has 5 heteroatoms. The van der Waals surface area contributed by atoms with Crippen molar-refractivity contribution in [2.45, 2.75) is 32.1 Å². The zero-order chi connectivity index (χ0) is 21.0. The molecule has 0 aliphatic heterocycles. The van der Waals surface area contributed by atoms with Gasteiger partial charge in [0.05, 0.1) is 11.4 Å². The Balaban J connectivity index is 2.23. The molecule has 150 valence electrons. The van der Waals surface area contributed by atoms with E-state index in [0.717, 1.165) is 15.9 Å². The van der Waals surface area contributed by atoms with Crippen molar-refractivity contribution in [3.63, 3.8) is 0 Å². The highest BCUT2D eigenvalue weighted by atomic mass is 35.5. The molecule has 0 bridgehead atoms. The third-order valence-corrected chi connectivity index (χ3v) is 7.62. The second kappa shape index (κ2) is 8.85. The van der Waals surface area contributed by atoms with Gasteiger partial charge in [-0.15, -0.1) is 11.6 Å². The fourth-order valence-electron chi connectivity index (χ4n) is 3.38. The van der Waals surface area contributed by atoms with Gasteiger partial charge in [-0.05, 0) is 21.9 Å². The highest BCUT2D eigenvalue weighted by Gasteiger charge is 2.29. The minimum Gasteiger partial charge on any atom is -0.537 e. The van der Waals surface area contributed by atoms with E-state index >= 15 is 0 Å². The molecule has 0 aliphatic rings. The van der Waals surface area contributed by atoms with E-state index in [-0.39, 0.29) is 22.6 Å². The van der Waals surface area contributed by atoms with E-state index in [0.29, 0.717) is 17.6 Å². The zero-order valence-corrected chi connectivity index (χ0v) is 18.8. The van der Waals surface area contributed by atoms with Crippen molar-refractivity contribution in [2.24, 2.45) is 0 Å². The highest BCUT2D eigenvalue weighted by molar-refractivity contribution is 6.80. The van der Waals surface area contributed by atoms with Crippen LogP contribution in [0.2, 0.25) is 0 Å². The molecule has 0 fully saturated rings. The normalized spacial score (nSPS) is 11.5. The van der Waals surface area contributed by atoms with E-state index in [4.69, 9.17) is 16.0 Å². The number of carbonyl (C=O) groups excluding carboxylic acids is 1. The minimum absolute atomic E-state index is 0.0643. The summed E-state index contributed by atoms with van der Waals surface area (Å²) in [5.41, 5.74) is 1.26. The van der Waals surface area contributed by atoms with Crippen LogP contribution in [0.5, 0.6) is 11.5 Å². The number of carbonyl (C=O) groups is 1. The number of phenolic OH excluding ortho intramolecular Hbond substituents is 1. The van der Waals surface area contributed by atoms with Crippen LogP contribution in [0.1, 0.15) is 42.3 Å². The summed E-state index contributed by atoms with van der Waals surface area (Å²) >= 11 is 6.25. The molecule has 3 aromatic carbocycles. The van der Waals surface area contributed by atoms with Crippen molar-refractivity contribution in [2.75, 3.05) is 0 Å². The Labute approximate surface area is 178 Å². The lowest BCUT2D eigenvalue weighted by molar-refractivity contribution is 0.112. The largest absolute Gasteiger partial charge is 0.537 e. The predicted octanol–water partition coefficient (Wildman–Crippen LogP) is 4.16. The van der Waals surface area contributed by atoms with E-state index < -0.39 is 9.04 Å². The molecule has 0 unspecified atom stereocenters. The SMILES string of the molecule is CC(C)(C)c1cc(O)c(C=O)c(CCl)c1O[SiH](c1ccccc1)c1ccccc1. The topological polar surface area (TPSA) is 46.5 Å². The van der Waals surface area contributed by atoms with Gasteiger partial charge in [-0.1, -0.05) is 81.4 Å². The van der Waals surface area contributed by atoms with Crippen LogP contribution in [0, 0.1) is 0 Å². The van der Waals surface area contributed by atoms with Crippen LogP contribution in [-0.4, -0.2) is 20.4 Å². The van der Waals surface area contributed by atoms with Gasteiger partial charge in [-0.2, -0.15) is 0 Å². The van der Waals surface area contributed by atoms with Crippen LogP contribution in [0.25, 0.3) is 0 Å². The zero-order valence-electron chi connectivity index (χ0n) is 16.9. The van der Waals surface area contributed by atoms with Gasteiger partial charge in [0.15, 0.2) is 6.29 Å². The van der Waals surface area contributed by atoms with Crippen molar-refractivity contribution < 1.29 is 14.3 Å². The Bertz CT molecular complexity index is 943. The minimum atomic E-state index is -2.12. The Morgan fingerprint density at radius 2 is 1.52 bits per heavy atom. The molecule has 0 aromatic heterocycles. The number of rotatable bonds is 6. The molecule has 0 spiro atoms. The average Bonchev–Trinajstić information content (AvgIpc) is 2.72. The van der Waals surface area contributed by atoms with Gasteiger partial charge in [0.25, 0.3) is 9.04 Å². The van der Waals surface area contributed by atoms with Gasteiger partial charge in [0.1, 0.15) is 11.5 Å². The highest BCUT2D eigenvalue weighted by Crippen LogP contribution is 2.40. The molecular formula is C24H25ClO3Si. The third-order valence-electron chi connectivity index (χ3n) is 4.90. The van der Waals surface area contributed by atoms with Gasteiger partial charge in [-0.25, -0.2) is 0 Å². The Hall–Kier alpha value is -2.56. The smallest absolute Gasteiger partial charge is 0.299 e. The van der Waals surface area contributed by atoms with Gasteiger partial charge in [0, 0.05) is 11.1 Å². The first-order valence-electron chi connectivity index (χ1n) is 9.53. The number of alkyl halides is 1. The molecule has 0 atom stereocenters. The molecule has 0 aliphatic carbocycles. The molecule has 29 heavy (non-hydrogen) atoms. The number of benzene rings is 3. The maximum Gasteiger partial charge on any atom is 0.299 e. The van der Waals surface area contributed by atoms with E-state index in [2.05, 4.69) is 45.0 Å². The Kier molecular flexibility index (Phi) is 6.45. The van der Waals surface area contributed by atoms with Gasteiger partial charge in [0.2, 0.25) is 0 Å². The average molecular weight is 425 g/mol. The van der Waals surface area contributed by atoms with Gasteiger partial charge < -0.3 is 9.53 Å². The lowest BCUT2D eigenvalue weighted by atomic mass is 9.84. The van der Waals surface area contributed by atoms with E-state index in [1.54, 1.807) is 6.07 Å². The number of hydrogen-bond acceptors (Lipinski definition) is 3. The van der Waals surface area contributed by atoms with Crippen LogP contribution in [0.15, 0.2) is 66.7 Å². The Morgan fingerprint density at radius 1 is 1.00 bits per heavy atom. The summed E-state index contributed by atoms with van der Waals surface area (Å²) in [5, 5.41) is 12.7. The first kappa shape index (κ1) is 21.2. The summed E-state index contributed by atoms with van der Waals surface area (Å²) in [5.74, 6) is 0.619. The third kappa shape index (κ3) is 4.55. The molecule has 0 amide bonds. The number of halogens is 1. The van der Waals surface area contributed by atoms with Crippen LogP contribution in [0.3, 0.4) is 0 Å². The second-order valence-electron chi connectivity index (χ2n) is 7.99. The fraction of sp³-hybridized carbons (Fsp3) is 0.208. The van der Waals surface area contributed by atoms with Gasteiger partial charge >= 0.3 is 0 Å². The molecule has 0 heterocycles. The van der Waals surface area contributed by atoms with E-state index in [1.165, 1.54) is 0 Å². The maximum atomic E-state index is 11.7. The molecule has 3 nitrogen and oxygen atoms in total. The van der Waals surface area contributed by atoms with E-state index in [9.17, 15) is 9.90 Å². The summed E-state index contributed by atoms with van der Waals surface area (Å²) in [6.45, 7) is 6.15. The van der Waals surface area contributed by atoms with Crippen molar-refractivity contribution >= 4 is 37.3 Å². The van der Waals surface area contributed by atoms with Crippen molar-refractivity contribution in [3.05, 3.63) is 83.4 Å². The predicted molar refractivity (Wildman–Crippen MR) is 122 cm³/mol. The number of phenols is 1. The second-order valence-corrected chi connectivity index (χ2v) is 10.6. The molecule has 3 aromatic rings. The van der Waals surface area contributed by atoms with Crippen LogP contribution in [-0.2, 0) is 11.3 Å². The summed E-state index contributed by atoms with van der Waals surface area (Å²) < 4.78 is 6.75. The van der Waals surface area contributed by atoms with Crippen molar-refractivity contribution in [1.82, 2.24) is 0 Å². The van der Waals surface area contributed by atoms with Crippen molar-refractivity contribution in [3.8, 4) is 11.5 Å². The van der Waals surface area contributed by atoms with Crippen LogP contribution < -0.4 is 14.8 Å². The molecule has 0 saturated heterocycles. The molecule has 1 N–H and O–H groups in total. The molecular weight excluding hydrogens is 400 g/mol. The van der Waals surface area contributed by atoms with Crippen molar-refractivity contribution in [1.29, 1.82) is 0 Å². The summed E-state index contributed by atoms with van der Waals surface area (Å²) in [7, 11) is -2.12. The van der Waals surface area contributed by atoms with Crippen LogP contribution >= 0.6 is 11.6 Å². The summed E-state index contributed by atoms with van der Waals surface area (Å²) in [4.78, 5) is 11.7. The fourth-order valence-corrected chi connectivity index (χ4v) is 5.95. The molecule has 0 radical (unpaired) electrons. The lowest BCUT2D eigenvalue weighted by Gasteiger charge is -2.29. The monoisotopic (exact) mass is 424 g/mol. The maximum absolute atomic E-state index is 11.7. The quantitative estimate of drug-likeness (QED) is 0.367. The standard InChI is InChI=1S/C24H25ClO3Si/c1-24(2,3)21-14-22(27)20(16-26)19(15-25)23(21)28-29(17-10-6-4-7-11-17)18-12-8-5-9-13-18/h4-14,16,27,29H,15H2,1-3H3. The van der Waals surface area contributed by atoms with E-state index in [1.807, 2.05) is 36.4 Å². The first-order valence-corrected chi connectivity index (χ1v) is 11.7. The first-order chi connectivity index (χ1) is 13.9. The van der Waals surface area contributed by atoms with Crippen LogP contribution in [0.4, 0.5) is 0 Å². The molecule has 0 saturated carbocycles. The number of hydrogen-bond donors (Lipinski definition) is 1. The Morgan fingerprint density at radius 3 is 1.93 bits per heavy atom. The lowest BCUT2D eigenvalue weighted by Crippen LogP contribution is -2.48. The number of aldehydes is 1. The molecule has 3 rings (SSSR count). The van der Waals surface area contributed by atoms with Gasteiger partial charge in [-0.3, -0.25) is 4.79 Å².